The van der Waals surface area contributed by atoms with Crippen molar-refractivity contribution >= 4 is 53.4 Å². The second kappa shape index (κ2) is 9.97. The lowest BCUT2D eigenvalue weighted by atomic mass is 10.0. The van der Waals surface area contributed by atoms with Crippen LogP contribution < -0.4 is 0 Å². The van der Waals surface area contributed by atoms with E-state index in [1.54, 1.807) is 11.3 Å². The van der Waals surface area contributed by atoms with Gasteiger partial charge in [-0.15, -0.1) is 11.3 Å². The zero-order chi connectivity index (χ0) is 29.0. The molecule has 5 heteroatoms. The van der Waals surface area contributed by atoms with E-state index >= 15 is 0 Å². The van der Waals surface area contributed by atoms with Crippen LogP contribution in [0, 0.1) is 0 Å². The van der Waals surface area contributed by atoms with Crippen molar-refractivity contribution in [1.82, 2.24) is 15.0 Å². The van der Waals surface area contributed by atoms with Crippen molar-refractivity contribution < 1.29 is 4.42 Å². The Morgan fingerprint density at radius 3 is 1.73 bits per heavy atom. The fourth-order valence-electron chi connectivity index (χ4n) is 5.94. The maximum absolute atomic E-state index is 6.19. The van der Waals surface area contributed by atoms with E-state index in [9.17, 15) is 0 Å². The van der Waals surface area contributed by atoms with Crippen LogP contribution in [0.3, 0.4) is 0 Å². The first-order valence-corrected chi connectivity index (χ1v) is 15.3. The van der Waals surface area contributed by atoms with Gasteiger partial charge in [-0.2, -0.15) is 0 Å². The highest BCUT2D eigenvalue weighted by molar-refractivity contribution is 7.25. The number of thiophene rings is 1. The van der Waals surface area contributed by atoms with E-state index in [2.05, 4.69) is 84.9 Å². The van der Waals surface area contributed by atoms with E-state index in [1.807, 2.05) is 54.6 Å². The Kier molecular flexibility index (Phi) is 5.64. The molecule has 0 bridgehead atoms. The summed E-state index contributed by atoms with van der Waals surface area (Å²) in [5, 5.41) is 4.67. The Balaban J connectivity index is 1.19. The average Bonchev–Trinajstić information content (AvgIpc) is 3.66. The van der Waals surface area contributed by atoms with Crippen molar-refractivity contribution in [3.63, 3.8) is 0 Å². The lowest BCUT2D eigenvalue weighted by Gasteiger charge is -2.08. The molecule has 6 aromatic carbocycles. The molecule has 9 aromatic rings. The van der Waals surface area contributed by atoms with Crippen LogP contribution >= 0.6 is 11.3 Å². The molecule has 0 aliphatic heterocycles. The van der Waals surface area contributed by atoms with Gasteiger partial charge < -0.3 is 4.42 Å². The minimum atomic E-state index is 0.611. The van der Waals surface area contributed by atoms with E-state index in [1.165, 1.54) is 31.3 Å². The number of para-hydroxylation sites is 1. The molecule has 0 saturated carbocycles. The molecular weight excluding hydrogens is 559 g/mol. The lowest BCUT2D eigenvalue weighted by molar-refractivity contribution is 0.669. The first-order chi connectivity index (χ1) is 21.8. The predicted octanol–water partition coefficient (Wildman–Crippen LogP) is 10.8. The van der Waals surface area contributed by atoms with Crippen LogP contribution in [0.1, 0.15) is 0 Å². The van der Waals surface area contributed by atoms with E-state index in [0.717, 1.165) is 38.6 Å². The first kappa shape index (κ1) is 24.9. The van der Waals surface area contributed by atoms with Gasteiger partial charge >= 0.3 is 0 Å². The Labute approximate surface area is 256 Å². The van der Waals surface area contributed by atoms with E-state index in [-0.39, 0.29) is 0 Å². The van der Waals surface area contributed by atoms with E-state index in [4.69, 9.17) is 19.4 Å². The van der Waals surface area contributed by atoms with Gasteiger partial charge in [-0.1, -0.05) is 103 Å². The molecule has 0 spiro atoms. The smallest absolute Gasteiger partial charge is 0.164 e. The fourth-order valence-corrected chi connectivity index (χ4v) is 7.07. The van der Waals surface area contributed by atoms with Crippen LogP contribution in [-0.4, -0.2) is 15.0 Å². The quantitative estimate of drug-likeness (QED) is 0.207. The minimum absolute atomic E-state index is 0.611. The molecule has 0 amide bonds. The highest BCUT2D eigenvalue weighted by atomic mass is 32.1. The van der Waals surface area contributed by atoms with Crippen molar-refractivity contribution in [2.75, 3.05) is 0 Å². The molecule has 0 atom stereocenters. The third-order valence-electron chi connectivity index (χ3n) is 8.14. The molecule has 0 aliphatic rings. The molecule has 0 unspecified atom stereocenters. The first-order valence-electron chi connectivity index (χ1n) is 14.5. The average molecular weight is 582 g/mol. The van der Waals surface area contributed by atoms with Gasteiger partial charge in [0.25, 0.3) is 0 Å². The second-order valence-electron chi connectivity index (χ2n) is 10.9. The Morgan fingerprint density at radius 1 is 0.364 bits per heavy atom. The van der Waals surface area contributed by atoms with Crippen molar-refractivity contribution in [1.29, 1.82) is 0 Å². The monoisotopic (exact) mass is 581 g/mol. The molecule has 44 heavy (non-hydrogen) atoms. The molecule has 9 rings (SSSR count). The van der Waals surface area contributed by atoms with Gasteiger partial charge in [0.05, 0.1) is 0 Å². The summed E-state index contributed by atoms with van der Waals surface area (Å²) < 4.78 is 8.65. The van der Waals surface area contributed by atoms with Crippen LogP contribution in [0.15, 0.2) is 144 Å². The van der Waals surface area contributed by atoms with Gasteiger partial charge in [-0.3, -0.25) is 0 Å². The van der Waals surface area contributed by atoms with Crippen molar-refractivity contribution in [3.05, 3.63) is 140 Å². The summed E-state index contributed by atoms with van der Waals surface area (Å²) in [7, 11) is 0. The van der Waals surface area contributed by atoms with Crippen LogP contribution in [-0.2, 0) is 0 Å². The number of hydrogen-bond donors (Lipinski definition) is 0. The number of hydrogen-bond acceptors (Lipinski definition) is 5. The van der Waals surface area contributed by atoms with Gasteiger partial charge in [0.15, 0.2) is 17.5 Å². The van der Waals surface area contributed by atoms with Gasteiger partial charge in [-0.25, -0.2) is 15.0 Å². The molecule has 3 heterocycles. The highest BCUT2D eigenvalue weighted by Crippen LogP contribution is 2.39. The summed E-state index contributed by atoms with van der Waals surface area (Å²) in [5.74, 6) is 1.89. The molecule has 3 aromatic heterocycles. The van der Waals surface area contributed by atoms with Gasteiger partial charge in [0.1, 0.15) is 11.2 Å². The maximum Gasteiger partial charge on any atom is 0.164 e. The largest absolute Gasteiger partial charge is 0.456 e. The minimum Gasteiger partial charge on any atom is -0.456 e. The SMILES string of the molecule is c1ccc(-c2ccc3sc4cc(-c5nc(-c6ccccc6)nc(-c6ccc7c(c6)oc6ccccc67)n5)ccc4c3c2)cc1. The summed E-state index contributed by atoms with van der Waals surface area (Å²) in [6.07, 6.45) is 0. The predicted molar refractivity (Wildman–Crippen MR) is 182 cm³/mol. The third-order valence-corrected chi connectivity index (χ3v) is 9.27. The van der Waals surface area contributed by atoms with Crippen molar-refractivity contribution in [2.45, 2.75) is 0 Å². The summed E-state index contributed by atoms with van der Waals surface area (Å²) in [4.78, 5) is 14.9. The molecule has 0 aliphatic carbocycles. The molecule has 0 fully saturated rings. The van der Waals surface area contributed by atoms with Gasteiger partial charge in [0.2, 0.25) is 0 Å². The number of benzene rings is 6. The molecule has 0 saturated heterocycles. The van der Waals surface area contributed by atoms with Crippen molar-refractivity contribution in [3.8, 4) is 45.3 Å². The Hall–Kier alpha value is -5.65. The number of furan rings is 1. The lowest BCUT2D eigenvalue weighted by Crippen LogP contribution is -2.00. The molecule has 206 valence electrons. The van der Waals surface area contributed by atoms with Crippen LogP contribution in [0.2, 0.25) is 0 Å². The molecular formula is C39H23N3OS. The third kappa shape index (κ3) is 4.17. The topological polar surface area (TPSA) is 51.8 Å². The van der Waals surface area contributed by atoms with Gasteiger partial charge in [-0.05, 0) is 47.5 Å². The fraction of sp³-hybridized carbons (Fsp3) is 0. The van der Waals surface area contributed by atoms with E-state index in [0.29, 0.717) is 17.5 Å². The number of fused-ring (bicyclic) bond motifs is 6. The number of rotatable bonds is 4. The summed E-state index contributed by atoms with van der Waals surface area (Å²) in [5.41, 5.74) is 6.91. The Bertz CT molecular complexity index is 2500. The van der Waals surface area contributed by atoms with Crippen LogP contribution in [0.5, 0.6) is 0 Å². The molecule has 0 radical (unpaired) electrons. The summed E-state index contributed by atoms with van der Waals surface area (Å²) in [6, 6.07) is 48.2. The van der Waals surface area contributed by atoms with Gasteiger partial charge in [0, 0.05) is 47.6 Å². The molecule has 4 nitrogen and oxygen atoms in total. The summed E-state index contributed by atoms with van der Waals surface area (Å²) in [6.45, 7) is 0. The zero-order valence-corrected chi connectivity index (χ0v) is 24.3. The highest BCUT2D eigenvalue weighted by Gasteiger charge is 2.16. The summed E-state index contributed by atoms with van der Waals surface area (Å²) >= 11 is 1.80. The van der Waals surface area contributed by atoms with Crippen LogP contribution in [0.4, 0.5) is 0 Å². The van der Waals surface area contributed by atoms with E-state index < -0.39 is 0 Å². The number of nitrogens with zero attached hydrogens (tertiary/aromatic N) is 3. The van der Waals surface area contributed by atoms with Crippen molar-refractivity contribution in [2.24, 2.45) is 0 Å². The Morgan fingerprint density at radius 2 is 0.955 bits per heavy atom. The zero-order valence-electron chi connectivity index (χ0n) is 23.4. The number of aromatic nitrogens is 3. The standard InChI is InChI=1S/C39H23N3OS/c1-3-9-24(10-4-1)26-17-20-35-32(21-26)31-19-16-28(23-36(31)44-35)39-41-37(25-11-5-2-6-12-25)40-38(42-39)27-15-18-30-29-13-7-8-14-33(29)43-34(30)22-27/h1-23H. The van der Waals surface area contributed by atoms with Crippen LogP contribution in [0.25, 0.3) is 87.4 Å². The molecule has 0 N–H and O–H groups in total. The second-order valence-corrected chi connectivity index (χ2v) is 12.0. The normalized spacial score (nSPS) is 11.6. The maximum atomic E-state index is 6.19.